The van der Waals surface area contributed by atoms with Crippen LogP contribution in [0.4, 0.5) is 0 Å². The molecule has 1 aromatic heterocycles. The van der Waals surface area contributed by atoms with Gasteiger partial charge < -0.3 is 20.1 Å². The lowest BCUT2D eigenvalue weighted by molar-refractivity contribution is 0.0599. The van der Waals surface area contributed by atoms with Crippen molar-refractivity contribution < 1.29 is 19.4 Å². The largest absolute Gasteiger partial charge is 0.465 e. The lowest BCUT2D eigenvalue weighted by Crippen LogP contribution is -2.26. The summed E-state index contributed by atoms with van der Waals surface area (Å²) in [6.07, 6.45) is 0.494. The van der Waals surface area contributed by atoms with Crippen LogP contribution >= 0.6 is 0 Å². The molecule has 0 atom stereocenters. The van der Waals surface area contributed by atoms with Gasteiger partial charge in [0.1, 0.15) is 5.69 Å². The highest BCUT2D eigenvalue weighted by Crippen LogP contribution is 2.18. The molecule has 1 rings (SSSR count). The van der Waals surface area contributed by atoms with E-state index in [2.05, 4.69) is 15.0 Å². The third kappa shape index (κ3) is 2.89. The lowest BCUT2D eigenvalue weighted by Gasteiger charge is -2.03. The molecule has 100 valence electrons. The standard InChI is InChI=1S/C12H18N2O4/c1-7-9(12(17)18-3)8(2)14-10(7)11(16)13-5-4-6-15/h14-15H,4-6H2,1-3H3,(H,13,16). The molecule has 0 unspecified atom stereocenters. The van der Waals surface area contributed by atoms with Crippen molar-refractivity contribution in [2.24, 2.45) is 0 Å². The van der Waals surface area contributed by atoms with Gasteiger partial charge in [0.05, 0.1) is 12.7 Å². The first-order valence-electron chi connectivity index (χ1n) is 5.69. The third-order valence-corrected chi connectivity index (χ3v) is 2.67. The summed E-state index contributed by atoms with van der Waals surface area (Å²) in [6.45, 7) is 3.82. The maximum Gasteiger partial charge on any atom is 0.339 e. The van der Waals surface area contributed by atoms with Crippen molar-refractivity contribution in [2.45, 2.75) is 20.3 Å². The predicted molar refractivity (Wildman–Crippen MR) is 65.6 cm³/mol. The van der Waals surface area contributed by atoms with E-state index in [0.717, 1.165) is 0 Å². The predicted octanol–water partition coefficient (Wildman–Crippen LogP) is 0.530. The first-order chi connectivity index (χ1) is 8.52. The first-order valence-corrected chi connectivity index (χ1v) is 5.69. The van der Waals surface area contributed by atoms with E-state index >= 15 is 0 Å². The molecule has 18 heavy (non-hydrogen) atoms. The zero-order chi connectivity index (χ0) is 13.7. The molecule has 3 N–H and O–H groups in total. The van der Waals surface area contributed by atoms with Gasteiger partial charge in [0, 0.05) is 18.8 Å². The van der Waals surface area contributed by atoms with E-state index in [1.807, 2.05) is 0 Å². The fraction of sp³-hybridized carbons (Fsp3) is 0.500. The molecule has 1 aromatic rings. The highest BCUT2D eigenvalue weighted by Gasteiger charge is 2.21. The summed E-state index contributed by atoms with van der Waals surface area (Å²) in [7, 11) is 1.30. The van der Waals surface area contributed by atoms with Gasteiger partial charge in [-0.2, -0.15) is 0 Å². The summed E-state index contributed by atoms with van der Waals surface area (Å²) < 4.78 is 4.67. The van der Waals surface area contributed by atoms with Crippen molar-refractivity contribution in [3.63, 3.8) is 0 Å². The van der Waals surface area contributed by atoms with Crippen LogP contribution in [0.5, 0.6) is 0 Å². The highest BCUT2D eigenvalue weighted by molar-refractivity contribution is 6.00. The number of esters is 1. The summed E-state index contributed by atoms with van der Waals surface area (Å²) in [5.41, 5.74) is 1.92. The molecule has 0 radical (unpaired) electrons. The number of aryl methyl sites for hydroxylation is 1. The number of amides is 1. The second kappa shape index (κ2) is 6.20. The van der Waals surface area contributed by atoms with Gasteiger partial charge in [0.15, 0.2) is 0 Å². The SMILES string of the molecule is COC(=O)c1c(C)[nH]c(C(=O)NCCCO)c1C. The molecule has 0 aromatic carbocycles. The van der Waals surface area contributed by atoms with E-state index in [1.54, 1.807) is 13.8 Å². The first kappa shape index (κ1) is 14.2. The Bertz CT molecular complexity index is 451. The number of hydrogen-bond donors (Lipinski definition) is 3. The Hall–Kier alpha value is -1.82. The van der Waals surface area contributed by atoms with Crippen LogP contribution in [0.2, 0.25) is 0 Å². The van der Waals surface area contributed by atoms with Crippen LogP contribution in [0.25, 0.3) is 0 Å². The number of aliphatic hydroxyl groups is 1. The molecular weight excluding hydrogens is 236 g/mol. The molecule has 1 heterocycles. The van der Waals surface area contributed by atoms with Crippen LogP contribution in [-0.2, 0) is 4.74 Å². The Balaban J connectivity index is 2.91. The van der Waals surface area contributed by atoms with Crippen molar-refractivity contribution in [3.05, 3.63) is 22.5 Å². The van der Waals surface area contributed by atoms with Crippen molar-refractivity contribution >= 4 is 11.9 Å². The number of aromatic nitrogens is 1. The molecule has 0 saturated carbocycles. The second-order valence-corrected chi connectivity index (χ2v) is 3.95. The number of methoxy groups -OCH3 is 1. The minimum Gasteiger partial charge on any atom is -0.465 e. The van der Waals surface area contributed by atoms with Crippen LogP contribution in [0, 0.1) is 13.8 Å². The van der Waals surface area contributed by atoms with Gasteiger partial charge in [0.25, 0.3) is 5.91 Å². The molecule has 0 aliphatic heterocycles. The molecule has 6 heteroatoms. The Labute approximate surface area is 105 Å². The maximum absolute atomic E-state index is 11.8. The van der Waals surface area contributed by atoms with E-state index < -0.39 is 5.97 Å². The van der Waals surface area contributed by atoms with Crippen LogP contribution in [0.3, 0.4) is 0 Å². The maximum atomic E-state index is 11.8. The lowest BCUT2D eigenvalue weighted by atomic mass is 10.1. The van der Waals surface area contributed by atoms with Crippen LogP contribution < -0.4 is 5.32 Å². The number of ether oxygens (including phenoxy) is 1. The smallest absolute Gasteiger partial charge is 0.339 e. The Morgan fingerprint density at radius 2 is 2.06 bits per heavy atom. The average Bonchev–Trinajstić information content (AvgIpc) is 2.64. The Kier molecular flexibility index (Phi) is 4.91. The minimum absolute atomic E-state index is 0.0242. The third-order valence-electron chi connectivity index (χ3n) is 2.67. The van der Waals surface area contributed by atoms with Crippen LogP contribution in [-0.4, -0.2) is 42.2 Å². The van der Waals surface area contributed by atoms with Gasteiger partial charge in [-0.05, 0) is 25.8 Å². The van der Waals surface area contributed by atoms with E-state index in [4.69, 9.17) is 5.11 Å². The number of rotatable bonds is 5. The zero-order valence-electron chi connectivity index (χ0n) is 10.8. The van der Waals surface area contributed by atoms with Gasteiger partial charge in [-0.15, -0.1) is 0 Å². The Morgan fingerprint density at radius 3 is 2.61 bits per heavy atom. The highest BCUT2D eigenvalue weighted by atomic mass is 16.5. The molecule has 0 aliphatic carbocycles. The fourth-order valence-corrected chi connectivity index (χ4v) is 1.75. The van der Waals surface area contributed by atoms with Crippen LogP contribution in [0.15, 0.2) is 0 Å². The summed E-state index contributed by atoms with van der Waals surface area (Å²) in [5, 5.41) is 11.3. The molecule has 1 amide bonds. The number of carbonyl (C=O) groups excluding carboxylic acids is 2. The normalized spacial score (nSPS) is 10.2. The molecule has 0 fully saturated rings. The average molecular weight is 254 g/mol. The van der Waals surface area contributed by atoms with Gasteiger partial charge in [-0.25, -0.2) is 4.79 Å². The summed E-state index contributed by atoms with van der Waals surface area (Å²) >= 11 is 0. The quantitative estimate of drug-likeness (QED) is 0.528. The van der Waals surface area contributed by atoms with Crippen molar-refractivity contribution in [3.8, 4) is 0 Å². The van der Waals surface area contributed by atoms with Crippen molar-refractivity contribution in [1.29, 1.82) is 0 Å². The number of hydrogen-bond acceptors (Lipinski definition) is 4. The van der Waals surface area contributed by atoms with E-state index in [0.29, 0.717) is 35.5 Å². The monoisotopic (exact) mass is 254 g/mol. The number of aliphatic hydroxyl groups excluding tert-OH is 1. The van der Waals surface area contributed by atoms with Gasteiger partial charge in [-0.1, -0.05) is 0 Å². The molecule has 0 bridgehead atoms. The fourth-order valence-electron chi connectivity index (χ4n) is 1.75. The summed E-state index contributed by atoms with van der Waals surface area (Å²) in [4.78, 5) is 26.3. The number of nitrogens with one attached hydrogen (secondary N) is 2. The second-order valence-electron chi connectivity index (χ2n) is 3.95. The van der Waals surface area contributed by atoms with Crippen molar-refractivity contribution in [1.82, 2.24) is 10.3 Å². The summed E-state index contributed by atoms with van der Waals surface area (Å²) in [6, 6.07) is 0. The van der Waals surface area contributed by atoms with E-state index in [-0.39, 0.29) is 12.5 Å². The molecular formula is C12H18N2O4. The molecule has 0 saturated heterocycles. The zero-order valence-corrected chi connectivity index (χ0v) is 10.8. The molecule has 6 nitrogen and oxygen atoms in total. The van der Waals surface area contributed by atoms with Gasteiger partial charge in [-0.3, -0.25) is 4.79 Å². The number of carbonyl (C=O) groups is 2. The van der Waals surface area contributed by atoms with E-state index in [1.165, 1.54) is 7.11 Å². The number of aromatic amines is 1. The molecule has 0 aliphatic rings. The van der Waals surface area contributed by atoms with Gasteiger partial charge in [0.2, 0.25) is 0 Å². The summed E-state index contributed by atoms with van der Waals surface area (Å²) in [5.74, 6) is -0.755. The minimum atomic E-state index is -0.462. The van der Waals surface area contributed by atoms with Gasteiger partial charge >= 0.3 is 5.97 Å². The Morgan fingerprint density at radius 1 is 1.39 bits per heavy atom. The van der Waals surface area contributed by atoms with Crippen molar-refractivity contribution in [2.75, 3.05) is 20.3 Å². The van der Waals surface area contributed by atoms with Crippen LogP contribution in [0.1, 0.15) is 38.5 Å². The van der Waals surface area contributed by atoms with E-state index in [9.17, 15) is 9.59 Å². The topological polar surface area (TPSA) is 91.4 Å². The molecule has 0 spiro atoms. The number of H-pyrrole nitrogens is 1.